The number of hydrogen-bond acceptors (Lipinski definition) is 3. The molecule has 1 saturated carbocycles. The van der Waals surface area contributed by atoms with Crippen LogP contribution in [0.15, 0.2) is 0 Å². The summed E-state index contributed by atoms with van der Waals surface area (Å²) in [6, 6.07) is 0. The van der Waals surface area contributed by atoms with Crippen LogP contribution < -0.4 is 11.5 Å². The molecule has 0 aromatic carbocycles. The second-order valence-electron chi connectivity index (χ2n) is 6.00. The lowest BCUT2D eigenvalue weighted by molar-refractivity contribution is -0.138. The molecule has 2 aliphatic rings. The third-order valence-electron chi connectivity index (χ3n) is 4.34. The van der Waals surface area contributed by atoms with E-state index in [9.17, 15) is 9.59 Å². The van der Waals surface area contributed by atoms with Crippen LogP contribution in [0, 0.1) is 11.8 Å². The van der Waals surface area contributed by atoms with Crippen LogP contribution in [0.3, 0.4) is 0 Å². The zero-order chi connectivity index (χ0) is 13.3. The van der Waals surface area contributed by atoms with Crippen molar-refractivity contribution in [1.29, 1.82) is 0 Å². The number of nitrogens with zero attached hydrogens (tertiary/aromatic N) is 1. The maximum atomic E-state index is 12.5. The molecular weight excluding hydrogens is 230 g/mol. The normalized spacial score (nSPS) is 36.7. The predicted octanol–water partition coefficient (Wildman–Crippen LogP) is 0.228. The molecule has 1 aliphatic carbocycles. The molecule has 2 rings (SSSR count). The summed E-state index contributed by atoms with van der Waals surface area (Å²) in [4.78, 5) is 25.3. The van der Waals surface area contributed by atoms with E-state index >= 15 is 0 Å². The molecule has 1 saturated heterocycles. The lowest BCUT2D eigenvalue weighted by Gasteiger charge is -2.38. The molecule has 0 radical (unpaired) electrons. The lowest BCUT2D eigenvalue weighted by Crippen LogP contribution is -2.57. The molecule has 3 atom stereocenters. The van der Waals surface area contributed by atoms with E-state index < -0.39 is 5.54 Å². The Labute approximate surface area is 108 Å². The number of hydrogen-bond donors (Lipinski definition) is 2. The summed E-state index contributed by atoms with van der Waals surface area (Å²) in [6.07, 6.45) is 4.34. The van der Waals surface area contributed by atoms with Gasteiger partial charge in [-0.05, 0) is 25.2 Å². The van der Waals surface area contributed by atoms with E-state index in [0.29, 0.717) is 25.4 Å². The molecule has 5 heteroatoms. The smallest absolute Gasteiger partial charge is 0.242 e. The fourth-order valence-corrected chi connectivity index (χ4v) is 3.28. The number of likely N-dealkylation sites (tertiary alicyclic amines) is 1. The van der Waals surface area contributed by atoms with Crippen molar-refractivity contribution in [3.8, 4) is 0 Å². The van der Waals surface area contributed by atoms with Crippen LogP contribution in [0.4, 0.5) is 0 Å². The first-order valence-corrected chi connectivity index (χ1v) is 6.80. The molecule has 1 aliphatic heterocycles. The van der Waals surface area contributed by atoms with Gasteiger partial charge in [0.15, 0.2) is 0 Å². The number of carbonyl (C=O) groups is 2. The highest BCUT2D eigenvalue weighted by molar-refractivity contribution is 5.87. The van der Waals surface area contributed by atoms with E-state index in [0.717, 1.165) is 25.7 Å². The molecule has 18 heavy (non-hydrogen) atoms. The third kappa shape index (κ3) is 2.51. The van der Waals surface area contributed by atoms with Crippen LogP contribution in [0.1, 0.15) is 39.0 Å². The van der Waals surface area contributed by atoms with Gasteiger partial charge in [0.25, 0.3) is 0 Å². The monoisotopic (exact) mass is 253 g/mol. The molecule has 102 valence electrons. The standard InChI is InChI=1S/C13H23N3O2/c1-9-3-2-5-13(15,7-9)12(18)16-6-4-10(8-16)11(14)17/h9-10H,2-8,15H2,1H3,(H2,14,17). The Morgan fingerprint density at radius 3 is 2.61 bits per heavy atom. The zero-order valence-corrected chi connectivity index (χ0v) is 11.0. The minimum Gasteiger partial charge on any atom is -0.369 e. The van der Waals surface area contributed by atoms with Gasteiger partial charge < -0.3 is 16.4 Å². The van der Waals surface area contributed by atoms with Crippen molar-refractivity contribution in [3.63, 3.8) is 0 Å². The summed E-state index contributed by atoms with van der Waals surface area (Å²) >= 11 is 0. The van der Waals surface area contributed by atoms with Crippen LogP contribution in [-0.4, -0.2) is 35.3 Å². The third-order valence-corrected chi connectivity index (χ3v) is 4.34. The molecule has 2 fully saturated rings. The van der Waals surface area contributed by atoms with E-state index in [4.69, 9.17) is 11.5 Å². The van der Waals surface area contributed by atoms with Crippen molar-refractivity contribution in [2.75, 3.05) is 13.1 Å². The van der Waals surface area contributed by atoms with Gasteiger partial charge in [0, 0.05) is 13.1 Å². The van der Waals surface area contributed by atoms with E-state index in [1.165, 1.54) is 0 Å². The minimum absolute atomic E-state index is 0.0119. The molecule has 0 spiro atoms. The van der Waals surface area contributed by atoms with Crippen LogP contribution in [0.5, 0.6) is 0 Å². The number of carbonyl (C=O) groups excluding carboxylic acids is 2. The second kappa shape index (κ2) is 4.88. The summed E-state index contributed by atoms with van der Waals surface area (Å²) in [5.74, 6) is 0.00647. The van der Waals surface area contributed by atoms with E-state index in [2.05, 4.69) is 6.92 Å². The number of primary amides is 1. The molecule has 3 unspecified atom stereocenters. The largest absolute Gasteiger partial charge is 0.369 e. The van der Waals surface area contributed by atoms with Gasteiger partial charge in [-0.15, -0.1) is 0 Å². The number of nitrogens with two attached hydrogens (primary N) is 2. The lowest BCUT2D eigenvalue weighted by atomic mass is 9.76. The van der Waals surface area contributed by atoms with Gasteiger partial charge in [0.2, 0.25) is 11.8 Å². The van der Waals surface area contributed by atoms with Crippen molar-refractivity contribution in [2.45, 2.75) is 44.6 Å². The maximum Gasteiger partial charge on any atom is 0.242 e. The molecule has 5 nitrogen and oxygen atoms in total. The number of rotatable bonds is 2. The summed E-state index contributed by atoms with van der Waals surface area (Å²) in [6.45, 7) is 3.20. The van der Waals surface area contributed by atoms with Crippen molar-refractivity contribution >= 4 is 11.8 Å². The first-order valence-electron chi connectivity index (χ1n) is 6.80. The summed E-state index contributed by atoms with van der Waals surface area (Å²) < 4.78 is 0. The van der Waals surface area contributed by atoms with Crippen molar-refractivity contribution in [1.82, 2.24) is 4.90 Å². The Balaban J connectivity index is 2.01. The van der Waals surface area contributed by atoms with Gasteiger partial charge in [-0.3, -0.25) is 9.59 Å². The number of amides is 2. The SMILES string of the molecule is CC1CCCC(N)(C(=O)N2CCC(C(N)=O)C2)C1. The molecule has 0 bridgehead atoms. The maximum absolute atomic E-state index is 12.5. The molecule has 0 aromatic rings. The Bertz CT molecular complexity index is 358. The van der Waals surface area contributed by atoms with E-state index in [1.54, 1.807) is 4.90 Å². The van der Waals surface area contributed by atoms with Gasteiger partial charge in [0.05, 0.1) is 11.5 Å². The van der Waals surface area contributed by atoms with Crippen LogP contribution >= 0.6 is 0 Å². The minimum atomic E-state index is -0.718. The van der Waals surface area contributed by atoms with E-state index in [-0.39, 0.29) is 17.7 Å². The fourth-order valence-electron chi connectivity index (χ4n) is 3.28. The highest BCUT2D eigenvalue weighted by atomic mass is 16.2. The van der Waals surface area contributed by atoms with Crippen LogP contribution in [0.2, 0.25) is 0 Å². The second-order valence-corrected chi connectivity index (χ2v) is 6.00. The van der Waals surface area contributed by atoms with Crippen molar-refractivity contribution in [2.24, 2.45) is 23.3 Å². The molecule has 1 heterocycles. The first kappa shape index (κ1) is 13.3. The highest BCUT2D eigenvalue weighted by Gasteiger charge is 2.42. The van der Waals surface area contributed by atoms with Gasteiger partial charge >= 0.3 is 0 Å². The average Bonchev–Trinajstić information content (AvgIpc) is 2.76. The summed E-state index contributed by atoms with van der Waals surface area (Å²) in [5, 5.41) is 0. The molecule has 4 N–H and O–H groups in total. The van der Waals surface area contributed by atoms with Crippen LogP contribution in [-0.2, 0) is 9.59 Å². The Hall–Kier alpha value is -1.10. The Morgan fingerprint density at radius 1 is 1.33 bits per heavy atom. The molecular formula is C13H23N3O2. The van der Waals surface area contributed by atoms with Crippen LogP contribution in [0.25, 0.3) is 0 Å². The Morgan fingerprint density at radius 2 is 2.06 bits per heavy atom. The molecule has 2 amide bonds. The summed E-state index contributed by atoms with van der Waals surface area (Å²) in [5.41, 5.74) is 10.9. The topological polar surface area (TPSA) is 89.4 Å². The highest BCUT2D eigenvalue weighted by Crippen LogP contribution is 2.33. The first-order chi connectivity index (χ1) is 8.42. The quantitative estimate of drug-likeness (QED) is 0.738. The Kier molecular flexibility index (Phi) is 3.61. The zero-order valence-electron chi connectivity index (χ0n) is 11.0. The predicted molar refractivity (Wildman–Crippen MR) is 68.4 cm³/mol. The van der Waals surface area contributed by atoms with Gasteiger partial charge in [-0.2, -0.15) is 0 Å². The van der Waals surface area contributed by atoms with Crippen molar-refractivity contribution in [3.05, 3.63) is 0 Å². The van der Waals surface area contributed by atoms with Gasteiger partial charge in [0.1, 0.15) is 0 Å². The van der Waals surface area contributed by atoms with E-state index in [1.807, 2.05) is 0 Å². The van der Waals surface area contributed by atoms with Gasteiger partial charge in [-0.25, -0.2) is 0 Å². The average molecular weight is 253 g/mol. The van der Waals surface area contributed by atoms with Crippen molar-refractivity contribution < 1.29 is 9.59 Å². The van der Waals surface area contributed by atoms with Gasteiger partial charge in [-0.1, -0.05) is 19.8 Å². The fraction of sp³-hybridized carbons (Fsp3) is 0.846. The molecule has 0 aromatic heterocycles. The summed E-state index contributed by atoms with van der Waals surface area (Å²) in [7, 11) is 0.